The molecule has 3 nitrogen and oxygen atoms in total. The van der Waals surface area contributed by atoms with Crippen molar-refractivity contribution in [2.75, 3.05) is 25.1 Å². The fourth-order valence-electron chi connectivity index (χ4n) is 1.90. The molecule has 1 aliphatic rings. The topological polar surface area (TPSA) is 41.5 Å². The van der Waals surface area contributed by atoms with Gasteiger partial charge in [0.1, 0.15) is 5.82 Å². The van der Waals surface area contributed by atoms with Gasteiger partial charge in [-0.25, -0.2) is 4.39 Å². The summed E-state index contributed by atoms with van der Waals surface area (Å²) in [4.78, 5) is 0. The molecule has 1 heterocycles. The van der Waals surface area contributed by atoms with Gasteiger partial charge >= 0.3 is 0 Å². The molecule has 1 aliphatic heterocycles. The van der Waals surface area contributed by atoms with Crippen LogP contribution in [-0.4, -0.2) is 30.5 Å². The van der Waals surface area contributed by atoms with Gasteiger partial charge < -0.3 is 15.2 Å². The molecule has 2 rings (SSSR count). The second-order valence-electron chi connectivity index (χ2n) is 4.65. The Balaban J connectivity index is 1.94. The van der Waals surface area contributed by atoms with E-state index >= 15 is 0 Å². The summed E-state index contributed by atoms with van der Waals surface area (Å²) in [5.41, 5.74) is 0.591. The van der Waals surface area contributed by atoms with Gasteiger partial charge in [0.15, 0.2) is 0 Å². The minimum atomic E-state index is -0.736. The van der Waals surface area contributed by atoms with Gasteiger partial charge in [0, 0.05) is 38.3 Å². The summed E-state index contributed by atoms with van der Waals surface area (Å²) in [7, 11) is 0. The fourth-order valence-corrected chi connectivity index (χ4v) is 1.90. The maximum absolute atomic E-state index is 13.3. The second kappa shape index (κ2) is 5.02. The molecule has 1 aromatic carbocycles. The summed E-state index contributed by atoms with van der Waals surface area (Å²) in [6.45, 7) is 3.32. The molecule has 0 aromatic heterocycles. The van der Waals surface area contributed by atoms with Crippen molar-refractivity contribution in [3.8, 4) is 0 Å². The monoisotopic (exact) mass is 239 g/mol. The molecule has 0 aliphatic carbocycles. The van der Waals surface area contributed by atoms with Gasteiger partial charge in [-0.3, -0.25) is 0 Å². The van der Waals surface area contributed by atoms with Crippen LogP contribution in [0.4, 0.5) is 10.1 Å². The summed E-state index contributed by atoms with van der Waals surface area (Å²) in [5.74, 6) is -0.228. The molecule has 0 saturated carbocycles. The third-order valence-electron chi connectivity index (χ3n) is 3.22. The Bertz CT molecular complexity index is 389. The van der Waals surface area contributed by atoms with Crippen LogP contribution in [0.5, 0.6) is 0 Å². The fraction of sp³-hybridized carbons (Fsp3) is 0.538. The summed E-state index contributed by atoms with van der Waals surface area (Å²) < 4.78 is 18.5. The van der Waals surface area contributed by atoms with Crippen molar-refractivity contribution in [2.45, 2.75) is 25.4 Å². The molecule has 94 valence electrons. The average molecular weight is 239 g/mol. The minimum Gasteiger partial charge on any atom is -0.388 e. The van der Waals surface area contributed by atoms with E-state index in [0.29, 0.717) is 43.9 Å². The number of anilines is 1. The van der Waals surface area contributed by atoms with Gasteiger partial charge in [-0.1, -0.05) is 6.07 Å². The van der Waals surface area contributed by atoms with Crippen molar-refractivity contribution in [1.29, 1.82) is 0 Å². The first-order chi connectivity index (χ1) is 8.09. The molecular formula is C13H18FNO2. The molecule has 0 radical (unpaired) electrons. The number of hydrogen-bond donors (Lipinski definition) is 2. The van der Waals surface area contributed by atoms with E-state index in [4.69, 9.17) is 4.74 Å². The predicted molar refractivity (Wildman–Crippen MR) is 64.6 cm³/mol. The van der Waals surface area contributed by atoms with Crippen LogP contribution in [0.3, 0.4) is 0 Å². The quantitative estimate of drug-likeness (QED) is 0.848. The third kappa shape index (κ3) is 3.17. The van der Waals surface area contributed by atoms with Crippen molar-refractivity contribution in [3.63, 3.8) is 0 Å². The van der Waals surface area contributed by atoms with Crippen LogP contribution in [0, 0.1) is 12.7 Å². The van der Waals surface area contributed by atoms with Crippen LogP contribution in [0.1, 0.15) is 18.4 Å². The number of benzene rings is 1. The number of halogens is 1. The minimum absolute atomic E-state index is 0.228. The number of aliphatic hydroxyl groups is 1. The van der Waals surface area contributed by atoms with Gasteiger partial charge in [-0.05, 0) is 24.6 Å². The van der Waals surface area contributed by atoms with Crippen LogP contribution in [0.25, 0.3) is 0 Å². The number of hydrogen-bond acceptors (Lipinski definition) is 3. The zero-order chi connectivity index (χ0) is 12.3. The first-order valence-electron chi connectivity index (χ1n) is 5.89. The number of ether oxygens (including phenoxy) is 1. The van der Waals surface area contributed by atoms with Crippen molar-refractivity contribution in [3.05, 3.63) is 29.6 Å². The number of rotatable bonds is 3. The zero-order valence-corrected chi connectivity index (χ0v) is 10.0. The van der Waals surface area contributed by atoms with Crippen LogP contribution < -0.4 is 5.32 Å². The Morgan fingerprint density at radius 3 is 2.76 bits per heavy atom. The van der Waals surface area contributed by atoms with E-state index in [-0.39, 0.29) is 5.82 Å². The van der Waals surface area contributed by atoms with E-state index in [2.05, 4.69) is 5.32 Å². The lowest BCUT2D eigenvalue weighted by Gasteiger charge is -2.32. The molecule has 0 unspecified atom stereocenters. The molecular weight excluding hydrogens is 221 g/mol. The SMILES string of the molecule is Cc1ccc(NCC2(O)CCOCC2)cc1F. The van der Waals surface area contributed by atoms with Crippen molar-refractivity contribution in [2.24, 2.45) is 0 Å². The van der Waals surface area contributed by atoms with E-state index in [1.54, 1.807) is 13.0 Å². The van der Waals surface area contributed by atoms with Crippen LogP contribution in [0.2, 0.25) is 0 Å². The number of nitrogens with one attached hydrogen (secondary N) is 1. The molecule has 0 amide bonds. The standard InChI is InChI=1S/C13H18FNO2/c1-10-2-3-11(8-12(10)14)15-9-13(16)4-6-17-7-5-13/h2-3,8,15-16H,4-7,9H2,1H3. The van der Waals surface area contributed by atoms with E-state index in [9.17, 15) is 9.50 Å². The Morgan fingerprint density at radius 2 is 2.12 bits per heavy atom. The van der Waals surface area contributed by atoms with Crippen molar-refractivity contribution in [1.82, 2.24) is 0 Å². The Hall–Kier alpha value is -1.13. The summed E-state index contributed by atoms with van der Waals surface area (Å²) in [5, 5.41) is 13.3. The molecule has 1 aromatic rings. The highest BCUT2D eigenvalue weighted by molar-refractivity contribution is 5.45. The average Bonchev–Trinajstić information content (AvgIpc) is 2.32. The summed E-state index contributed by atoms with van der Waals surface area (Å²) in [6.07, 6.45) is 1.24. The van der Waals surface area contributed by atoms with Crippen LogP contribution in [-0.2, 0) is 4.74 Å². The van der Waals surface area contributed by atoms with Crippen LogP contribution in [0.15, 0.2) is 18.2 Å². The molecule has 2 N–H and O–H groups in total. The maximum Gasteiger partial charge on any atom is 0.128 e. The van der Waals surface area contributed by atoms with E-state index < -0.39 is 5.60 Å². The molecule has 17 heavy (non-hydrogen) atoms. The van der Waals surface area contributed by atoms with E-state index in [1.807, 2.05) is 6.07 Å². The Labute approximate surface area is 101 Å². The molecule has 1 fully saturated rings. The number of aryl methyl sites for hydroxylation is 1. The van der Waals surface area contributed by atoms with Crippen molar-refractivity contribution >= 4 is 5.69 Å². The lowest BCUT2D eigenvalue weighted by atomic mass is 9.94. The highest BCUT2D eigenvalue weighted by atomic mass is 19.1. The van der Waals surface area contributed by atoms with Crippen molar-refractivity contribution < 1.29 is 14.2 Å². The Kier molecular flexibility index (Phi) is 3.64. The predicted octanol–water partition coefficient (Wildman–Crippen LogP) is 2.09. The highest BCUT2D eigenvalue weighted by Crippen LogP contribution is 2.22. The van der Waals surface area contributed by atoms with E-state index in [0.717, 1.165) is 0 Å². The molecule has 1 saturated heterocycles. The van der Waals surface area contributed by atoms with Crippen LogP contribution >= 0.6 is 0 Å². The molecule has 0 bridgehead atoms. The Morgan fingerprint density at radius 1 is 1.41 bits per heavy atom. The first kappa shape index (κ1) is 12.3. The summed E-state index contributed by atoms with van der Waals surface area (Å²) >= 11 is 0. The largest absolute Gasteiger partial charge is 0.388 e. The lowest BCUT2D eigenvalue weighted by molar-refractivity contribution is -0.0543. The lowest BCUT2D eigenvalue weighted by Crippen LogP contribution is -2.42. The normalized spacial score (nSPS) is 19.0. The summed E-state index contributed by atoms with van der Waals surface area (Å²) in [6, 6.07) is 5.00. The van der Waals surface area contributed by atoms with Gasteiger partial charge in [-0.15, -0.1) is 0 Å². The molecule has 4 heteroatoms. The first-order valence-corrected chi connectivity index (χ1v) is 5.89. The third-order valence-corrected chi connectivity index (χ3v) is 3.22. The maximum atomic E-state index is 13.3. The smallest absolute Gasteiger partial charge is 0.128 e. The molecule has 0 spiro atoms. The second-order valence-corrected chi connectivity index (χ2v) is 4.65. The molecule has 0 atom stereocenters. The van der Waals surface area contributed by atoms with Gasteiger partial charge in [0.25, 0.3) is 0 Å². The highest BCUT2D eigenvalue weighted by Gasteiger charge is 2.29. The van der Waals surface area contributed by atoms with E-state index in [1.165, 1.54) is 6.07 Å². The van der Waals surface area contributed by atoms with Gasteiger partial charge in [-0.2, -0.15) is 0 Å². The van der Waals surface area contributed by atoms with Gasteiger partial charge in [0.05, 0.1) is 5.60 Å². The zero-order valence-electron chi connectivity index (χ0n) is 10.0. The van der Waals surface area contributed by atoms with Gasteiger partial charge in [0.2, 0.25) is 0 Å².